The zero-order chi connectivity index (χ0) is 13.7. The van der Waals surface area contributed by atoms with Crippen LogP contribution in [0.3, 0.4) is 0 Å². The summed E-state index contributed by atoms with van der Waals surface area (Å²) in [6.07, 6.45) is 2.96. The molecule has 1 fully saturated rings. The van der Waals surface area contributed by atoms with Crippen LogP contribution in [0.4, 0.5) is 0 Å². The Balaban J connectivity index is 2.58. The summed E-state index contributed by atoms with van der Waals surface area (Å²) in [4.78, 5) is 37.4. The molecule has 1 heterocycles. The minimum atomic E-state index is -0.727. The van der Waals surface area contributed by atoms with Crippen LogP contribution in [0.5, 0.6) is 0 Å². The molecule has 1 aliphatic carbocycles. The van der Waals surface area contributed by atoms with Gasteiger partial charge < -0.3 is 9.69 Å². The zero-order valence-corrected chi connectivity index (χ0v) is 11.3. The van der Waals surface area contributed by atoms with Crippen molar-refractivity contribution in [3.8, 4) is 0 Å². The number of carbonyl (C=O) groups is 3. The topological polar surface area (TPSA) is 54.5 Å². The van der Waals surface area contributed by atoms with E-state index < -0.39 is 16.7 Å². The molecule has 0 aromatic carbocycles. The fourth-order valence-corrected chi connectivity index (χ4v) is 3.45. The van der Waals surface area contributed by atoms with Crippen molar-refractivity contribution in [2.75, 3.05) is 13.6 Å². The van der Waals surface area contributed by atoms with Gasteiger partial charge in [-0.2, -0.15) is 0 Å². The maximum atomic E-state index is 12.4. The van der Waals surface area contributed by atoms with Crippen molar-refractivity contribution in [1.29, 1.82) is 0 Å². The van der Waals surface area contributed by atoms with Gasteiger partial charge >= 0.3 is 0 Å². The Bertz CT molecular complexity index is 464. The van der Waals surface area contributed by atoms with E-state index in [1.807, 2.05) is 26.8 Å². The Morgan fingerprint density at radius 2 is 1.94 bits per heavy atom. The van der Waals surface area contributed by atoms with Gasteiger partial charge in [0, 0.05) is 19.0 Å². The van der Waals surface area contributed by atoms with Crippen LogP contribution in [0, 0.1) is 16.7 Å². The molecule has 2 aliphatic rings. The quantitative estimate of drug-likeness (QED) is 0.399. The first-order valence-corrected chi connectivity index (χ1v) is 6.21. The number of ketones is 1. The monoisotopic (exact) mass is 249 g/mol. The Kier molecular flexibility index (Phi) is 2.72. The van der Waals surface area contributed by atoms with Crippen molar-refractivity contribution in [2.45, 2.75) is 27.2 Å². The minimum Gasteiger partial charge on any atom is -0.341 e. The van der Waals surface area contributed by atoms with Crippen LogP contribution < -0.4 is 0 Å². The van der Waals surface area contributed by atoms with E-state index in [1.165, 1.54) is 0 Å². The highest BCUT2D eigenvalue weighted by molar-refractivity contribution is 6.03. The lowest BCUT2D eigenvalue weighted by molar-refractivity contribution is -0.147. The zero-order valence-electron chi connectivity index (χ0n) is 11.3. The number of nitrogens with zero attached hydrogens (tertiary/aromatic N) is 1. The number of Topliss-reactive ketones (excluding diaryl/α,β-unsaturated/α-hetero) is 1. The third kappa shape index (κ3) is 1.48. The number of hydrogen-bond acceptors (Lipinski definition) is 3. The molecule has 0 bridgehead atoms. The van der Waals surface area contributed by atoms with Crippen LogP contribution in [0.25, 0.3) is 0 Å². The van der Waals surface area contributed by atoms with E-state index in [2.05, 4.69) is 0 Å². The van der Waals surface area contributed by atoms with Gasteiger partial charge in [-0.25, -0.2) is 0 Å². The summed E-state index contributed by atoms with van der Waals surface area (Å²) in [6, 6.07) is 0. The Labute approximate surface area is 107 Å². The van der Waals surface area contributed by atoms with Crippen molar-refractivity contribution < 1.29 is 14.4 Å². The predicted molar refractivity (Wildman–Crippen MR) is 66.8 cm³/mol. The summed E-state index contributed by atoms with van der Waals surface area (Å²) >= 11 is 0. The summed E-state index contributed by atoms with van der Waals surface area (Å²) in [7, 11) is 1.75. The first-order chi connectivity index (χ1) is 8.25. The van der Waals surface area contributed by atoms with Crippen molar-refractivity contribution in [3.63, 3.8) is 0 Å². The lowest BCUT2D eigenvalue weighted by Crippen LogP contribution is -2.55. The standard InChI is InChI=1S/C14H19NO3/c1-13(2)10-5-6-15(4)12(18)14(10,3)7-9(8-16)11(13)17/h5,8-9H,6-7H2,1-4H3. The molecular weight excluding hydrogens is 230 g/mol. The summed E-state index contributed by atoms with van der Waals surface area (Å²) in [5, 5.41) is 0. The van der Waals surface area contributed by atoms with E-state index in [1.54, 1.807) is 11.9 Å². The second-order valence-electron chi connectivity index (χ2n) is 6.07. The molecular formula is C14H19NO3. The van der Waals surface area contributed by atoms with Crippen molar-refractivity contribution in [3.05, 3.63) is 11.6 Å². The molecule has 2 rings (SSSR count). The lowest BCUT2D eigenvalue weighted by atomic mass is 9.55. The molecule has 0 radical (unpaired) electrons. The molecule has 0 spiro atoms. The maximum absolute atomic E-state index is 12.4. The van der Waals surface area contributed by atoms with Gasteiger partial charge in [0.2, 0.25) is 5.91 Å². The van der Waals surface area contributed by atoms with Crippen LogP contribution in [0.1, 0.15) is 27.2 Å². The normalized spacial score (nSPS) is 35.0. The summed E-state index contributed by atoms with van der Waals surface area (Å²) in [6.45, 7) is 6.01. The van der Waals surface area contributed by atoms with E-state index in [-0.39, 0.29) is 11.7 Å². The smallest absolute Gasteiger partial charge is 0.232 e. The number of fused-ring (bicyclic) bond motifs is 1. The van der Waals surface area contributed by atoms with Gasteiger partial charge in [-0.3, -0.25) is 9.59 Å². The number of aldehydes is 1. The lowest BCUT2D eigenvalue weighted by Gasteiger charge is -2.49. The van der Waals surface area contributed by atoms with Crippen molar-refractivity contribution >= 4 is 18.0 Å². The van der Waals surface area contributed by atoms with E-state index in [0.29, 0.717) is 19.3 Å². The molecule has 2 atom stereocenters. The molecule has 0 saturated heterocycles. The molecule has 4 nitrogen and oxygen atoms in total. The van der Waals surface area contributed by atoms with Crippen LogP contribution in [0.2, 0.25) is 0 Å². The van der Waals surface area contributed by atoms with E-state index >= 15 is 0 Å². The maximum Gasteiger partial charge on any atom is 0.232 e. The van der Waals surface area contributed by atoms with E-state index in [9.17, 15) is 14.4 Å². The molecule has 0 aromatic rings. The van der Waals surface area contributed by atoms with Crippen molar-refractivity contribution in [2.24, 2.45) is 16.7 Å². The highest BCUT2D eigenvalue weighted by Crippen LogP contribution is 2.52. The number of hydrogen-bond donors (Lipinski definition) is 0. The van der Waals surface area contributed by atoms with Crippen LogP contribution in [-0.4, -0.2) is 36.5 Å². The molecule has 1 amide bonds. The Morgan fingerprint density at radius 1 is 1.33 bits per heavy atom. The second-order valence-corrected chi connectivity index (χ2v) is 6.07. The largest absolute Gasteiger partial charge is 0.341 e. The van der Waals surface area contributed by atoms with E-state index in [0.717, 1.165) is 5.57 Å². The average Bonchev–Trinajstić information content (AvgIpc) is 2.31. The number of likely N-dealkylation sites (N-methyl/N-ethyl adjacent to an activating group) is 1. The third-order valence-electron chi connectivity index (χ3n) is 4.40. The SMILES string of the molecule is CN1CC=C2C(C)(C)C(=O)C(C=O)CC2(C)C1=O. The molecule has 4 heteroatoms. The van der Waals surface area contributed by atoms with Gasteiger partial charge in [0.25, 0.3) is 0 Å². The molecule has 2 unspecified atom stereocenters. The molecule has 18 heavy (non-hydrogen) atoms. The molecule has 0 aromatic heterocycles. The summed E-state index contributed by atoms with van der Waals surface area (Å²) in [5.41, 5.74) is -0.563. The number of rotatable bonds is 1. The summed E-state index contributed by atoms with van der Waals surface area (Å²) < 4.78 is 0. The van der Waals surface area contributed by atoms with Crippen LogP contribution in [-0.2, 0) is 14.4 Å². The van der Waals surface area contributed by atoms with Crippen LogP contribution in [0.15, 0.2) is 11.6 Å². The first-order valence-electron chi connectivity index (χ1n) is 6.21. The first kappa shape index (κ1) is 13.0. The van der Waals surface area contributed by atoms with E-state index in [4.69, 9.17) is 0 Å². The summed E-state index contributed by atoms with van der Waals surface area (Å²) in [5.74, 6) is -0.733. The van der Waals surface area contributed by atoms with Gasteiger partial charge in [-0.1, -0.05) is 6.08 Å². The van der Waals surface area contributed by atoms with Gasteiger partial charge in [-0.05, 0) is 32.8 Å². The highest BCUT2D eigenvalue weighted by Gasteiger charge is 2.56. The van der Waals surface area contributed by atoms with Gasteiger partial charge in [0.15, 0.2) is 5.78 Å². The fraction of sp³-hybridized carbons (Fsp3) is 0.643. The molecule has 1 saturated carbocycles. The predicted octanol–water partition coefficient (Wildman–Crippen LogP) is 1.21. The Morgan fingerprint density at radius 3 is 2.50 bits per heavy atom. The molecule has 0 N–H and O–H groups in total. The second kappa shape index (κ2) is 3.77. The van der Waals surface area contributed by atoms with Crippen LogP contribution >= 0.6 is 0 Å². The molecule has 1 aliphatic heterocycles. The number of carbonyl (C=O) groups excluding carboxylic acids is 3. The minimum absolute atomic E-state index is 0.00688. The third-order valence-corrected chi connectivity index (χ3v) is 4.40. The van der Waals surface area contributed by atoms with Gasteiger partial charge in [0.1, 0.15) is 6.29 Å². The molecule has 98 valence electrons. The van der Waals surface area contributed by atoms with Gasteiger partial charge in [0.05, 0.1) is 11.3 Å². The average molecular weight is 249 g/mol. The van der Waals surface area contributed by atoms with Crippen molar-refractivity contribution in [1.82, 2.24) is 4.90 Å². The highest BCUT2D eigenvalue weighted by atomic mass is 16.2. The van der Waals surface area contributed by atoms with Gasteiger partial charge in [-0.15, -0.1) is 0 Å². The Hall–Kier alpha value is -1.45. The fourth-order valence-electron chi connectivity index (χ4n) is 3.45. The number of amides is 1.